The van der Waals surface area contributed by atoms with Gasteiger partial charge in [-0.3, -0.25) is 14.7 Å². The van der Waals surface area contributed by atoms with Gasteiger partial charge in [-0.2, -0.15) is 0 Å². The number of aliphatic imine (C=N–C) groups is 1. The molecule has 0 bridgehead atoms. The molecule has 0 spiro atoms. The quantitative estimate of drug-likeness (QED) is 0.321. The monoisotopic (exact) mass is 539 g/mol. The Balaban J connectivity index is 0.00000341. The number of morpholine rings is 1. The van der Waals surface area contributed by atoms with E-state index < -0.39 is 0 Å². The van der Waals surface area contributed by atoms with Crippen molar-refractivity contribution in [2.45, 2.75) is 32.5 Å². The van der Waals surface area contributed by atoms with Crippen LogP contribution in [0.5, 0.6) is 0 Å². The number of hydrogen-bond donors (Lipinski definition) is 2. The molecule has 2 aromatic rings. The molecule has 7 nitrogen and oxygen atoms in total. The molecule has 0 amide bonds. The van der Waals surface area contributed by atoms with E-state index in [0.29, 0.717) is 13.1 Å². The first-order valence-electron chi connectivity index (χ1n) is 10.5. The van der Waals surface area contributed by atoms with Crippen molar-refractivity contribution >= 4 is 29.9 Å². The Morgan fingerprint density at radius 1 is 1.06 bits per heavy atom. The number of nitrogens with zero attached hydrogens (tertiary/aromatic N) is 3. The maximum Gasteiger partial charge on any atom is 0.250 e. The second-order valence-corrected chi connectivity index (χ2v) is 8.17. The summed E-state index contributed by atoms with van der Waals surface area (Å²) in [6, 6.07) is 13.5. The molecule has 1 aliphatic heterocycles. The van der Waals surface area contributed by atoms with Crippen molar-refractivity contribution in [3.63, 3.8) is 0 Å². The first-order valence-corrected chi connectivity index (χ1v) is 10.5. The highest BCUT2D eigenvalue weighted by Crippen LogP contribution is 2.15. The molecule has 0 atom stereocenters. The van der Waals surface area contributed by atoms with Crippen molar-refractivity contribution < 1.29 is 4.74 Å². The lowest BCUT2D eigenvalue weighted by molar-refractivity contribution is -0.00834. The lowest BCUT2D eigenvalue weighted by Crippen LogP contribution is -2.56. The number of hydrogen-bond acceptors (Lipinski definition) is 4. The van der Waals surface area contributed by atoms with Crippen molar-refractivity contribution in [2.75, 3.05) is 39.9 Å². The van der Waals surface area contributed by atoms with Gasteiger partial charge in [0, 0.05) is 51.0 Å². The van der Waals surface area contributed by atoms with Gasteiger partial charge in [0.2, 0.25) is 0 Å². The van der Waals surface area contributed by atoms with Crippen molar-refractivity contribution in [1.29, 1.82) is 0 Å². The molecule has 1 saturated heterocycles. The summed E-state index contributed by atoms with van der Waals surface area (Å²) in [6.45, 7) is 10.1. The SMILES string of the molecule is CN=C(NCc1ccc(Cn2ccccc2=O)cc1)NCC(C)(C)N1CCOCC1.I. The van der Waals surface area contributed by atoms with Crippen molar-refractivity contribution in [3.8, 4) is 0 Å². The van der Waals surface area contributed by atoms with E-state index >= 15 is 0 Å². The summed E-state index contributed by atoms with van der Waals surface area (Å²) in [5.74, 6) is 0.788. The minimum atomic E-state index is 0. The fourth-order valence-corrected chi connectivity index (χ4v) is 3.54. The summed E-state index contributed by atoms with van der Waals surface area (Å²) in [6.07, 6.45) is 1.81. The number of rotatable bonds is 7. The maximum absolute atomic E-state index is 11.9. The lowest BCUT2D eigenvalue weighted by Gasteiger charge is -2.41. The third kappa shape index (κ3) is 7.62. The Morgan fingerprint density at radius 2 is 1.74 bits per heavy atom. The zero-order valence-corrected chi connectivity index (χ0v) is 21.0. The summed E-state index contributed by atoms with van der Waals surface area (Å²) in [7, 11) is 1.79. The van der Waals surface area contributed by atoms with Gasteiger partial charge in [0.15, 0.2) is 5.96 Å². The topological polar surface area (TPSA) is 70.9 Å². The van der Waals surface area contributed by atoms with Crippen LogP contribution in [-0.2, 0) is 17.8 Å². The van der Waals surface area contributed by atoms with E-state index in [4.69, 9.17) is 4.74 Å². The largest absolute Gasteiger partial charge is 0.379 e. The van der Waals surface area contributed by atoms with E-state index in [1.807, 2.05) is 12.3 Å². The third-order valence-electron chi connectivity index (χ3n) is 5.51. The van der Waals surface area contributed by atoms with Gasteiger partial charge in [0.1, 0.15) is 0 Å². The fourth-order valence-electron chi connectivity index (χ4n) is 3.54. The highest BCUT2D eigenvalue weighted by molar-refractivity contribution is 14.0. The van der Waals surface area contributed by atoms with E-state index in [-0.39, 0.29) is 35.1 Å². The van der Waals surface area contributed by atoms with Crippen LogP contribution in [0, 0.1) is 0 Å². The summed E-state index contributed by atoms with van der Waals surface area (Å²) in [5, 5.41) is 6.83. The fraction of sp³-hybridized carbons (Fsp3) is 0.478. The molecule has 170 valence electrons. The molecule has 8 heteroatoms. The average molecular weight is 539 g/mol. The van der Waals surface area contributed by atoms with E-state index in [9.17, 15) is 4.79 Å². The van der Waals surface area contributed by atoms with E-state index in [0.717, 1.165) is 49.9 Å². The maximum atomic E-state index is 11.9. The van der Waals surface area contributed by atoms with Crippen molar-refractivity contribution in [2.24, 2.45) is 4.99 Å². The minimum absolute atomic E-state index is 0. The van der Waals surface area contributed by atoms with Crippen LogP contribution >= 0.6 is 24.0 Å². The molecule has 0 unspecified atom stereocenters. The van der Waals surface area contributed by atoms with Crippen LogP contribution in [0.2, 0.25) is 0 Å². The van der Waals surface area contributed by atoms with Gasteiger partial charge in [0.05, 0.1) is 19.8 Å². The Labute approximate surface area is 201 Å². The molecule has 0 saturated carbocycles. The van der Waals surface area contributed by atoms with Crippen LogP contribution in [0.3, 0.4) is 0 Å². The summed E-state index contributed by atoms with van der Waals surface area (Å²) in [4.78, 5) is 18.7. The van der Waals surface area contributed by atoms with Crippen LogP contribution in [0.1, 0.15) is 25.0 Å². The lowest BCUT2D eigenvalue weighted by atomic mass is 10.0. The molecule has 0 radical (unpaired) electrons. The van der Waals surface area contributed by atoms with Gasteiger partial charge in [-0.15, -0.1) is 24.0 Å². The number of halogens is 1. The Kier molecular flexibility index (Phi) is 9.98. The highest BCUT2D eigenvalue weighted by atomic mass is 127. The Bertz CT molecular complexity index is 889. The molecule has 1 aliphatic rings. The first-order chi connectivity index (χ1) is 14.5. The molecule has 31 heavy (non-hydrogen) atoms. The van der Waals surface area contributed by atoms with E-state index in [1.54, 1.807) is 23.7 Å². The van der Waals surface area contributed by atoms with Gasteiger partial charge < -0.3 is 19.9 Å². The Hall–Kier alpha value is -1.91. The zero-order chi connectivity index (χ0) is 21.4. The van der Waals surface area contributed by atoms with Gasteiger partial charge in [-0.1, -0.05) is 30.3 Å². The molecule has 1 aromatic carbocycles. The molecule has 2 heterocycles. The van der Waals surface area contributed by atoms with Crippen LogP contribution in [0.4, 0.5) is 0 Å². The van der Waals surface area contributed by atoms with Crippen molar-refractivity contribution in [1.82, 2.24) is 20.1 Å². The van der Waals surface area contributed by atoms with Gasteiger partial charge in [-0.25, -0.2) is 0 Å². The predicted molar refractivity (Wildman–Crippen MR) is 136 cm³/mol. The van der Waals surface area contributed by atoms with Gasteiger partial charge in [-0.05, 0) is 31.0 Å². The molecule has 1 fully saturated rings. The zero-order valence-electron chi connectivity index (χ0n) is 18.6. The van der Waals surface area contributed by atoms with Gasteiger partial charge in [0.25, 0.3) is 5.56 Å². The molecule has 1 aromatic heterocycles. The number of pyridine rings is 1. The molecular formula is C23H34IN5O2. The summed E-state index contributed by atoms with van der Waals surface area (Å²) in [5.41, 5.74) is 2.30. The molecule has 2 N–H and O–H groups in total. The molecule has 0 aliphatic carbocycles. The third-order valence-corrected chi connectivity index (χ3v) is 5.51. The number of aromatic nitrogens is 1. The number of benzene rings is 1. The standard InChI is InChI=1S/C23H33N5O2.HI/c1-23(2,28-12-14-30-15-13-28)18-26-22(24-3)25-16-19-7-9-20(10-8-19)17-27-11-5-4-6-21(27)29;/h4-11H,12-18H2,1-3H3,(H2,24,25,26);1H. The number of nitrogens with one attached hydrogen (secondary N) is 2. The van der Waals surface area contributed by atoms with E-state index in [2.05, 4.69) is 58.6 Å². The second-order valence-electron chi connectivity index (χ2n) is 8.17. The predicted octanol–water partition coefficient (Wildman–Crippen LogP) is 2.29. The Morgan fingerprint density at radius 3 is 2.39 bits per heavy atom. The minimum Gasteiger partial charge on any atom is -0.379 e. The first kappa shape index (κ1) is 25.4. The highest BCUT2D eigenvalue weighted by Gasteiger charge is 2.28. The molecule has 3 rings (SSSR count). The smallest absolute Gasteiger partial charge is 0.250 e. The number of guanidine groups is 1. The van der Waals surface area contributed by atoms with Crippen LogP contribution in [-0.4, -0.2) is 60.9 Å². The number of ether oxygens (including phenoxy) is 1. The average Bonchev–Trinajstić information content (AvgIpc) is 2.77. The van der Waals surface area contributed by atoms with Crippen molar-refractivity contribution in [3.05, 3.63) is 70.1 Å². The van der Waals surface area contributed by atoms with Crippen LogP contribution in [0.15, 0.2) is 58.4 Å². The summed E-state index contributed by atoms with van der Waals surface area (Å²) >= 11 is 0. The normalized spacial score (nSPS) is 15.3. The summed E-state index contributed by atoms with van der Waals surface area (Å²) < 4.78 is 7.17. The van der Waals surface area contributed by atoms with E-state index in [1.165, 1.54) is 0 Å². The second kappa shape index (κ2) is 12.2. The molecular weight excluding hydrogens is 505 g/mol. The van der Waals surface area contributed by atoms with Crippen LogP contribution in [0.25, 0.3) is 0 Å². The van der Waals surface area contributed by atoms with Gasteiger partial charge >= 0.3 is 0 Å². The van der Waals surface area contributed by atoms with Crippen LogP contribution < -0.4 is 16.2 Å².